The minimum absolute atomic E-state index is 0.321. The van der Waals surface area contributed by atoms with Gasteiger partial charge in [-0.15, -0.1) is 0 Å². The lowest BCUT2D eigenvalue weighted by Crippen LogP contribution is -2.21. The summed E-state index contributed by atoms with van der Waals surface area (Å²) in [5, 5.41) is 3.75. The van der Waals surface area contributed by atoms with E-state index in [1.165, 1.54) is 0 Å². The molecule has 1 amide bonds. The number of hydrogen-bond donors (Lipinski definition) is 1. The van der Waals surface area contributed by atoms with E-state index in [1.54, 1.807) is 12.1 Å². The highest BCUT2D eigenvalue weighted by atomic mass is 19.4. The van der Waals surface area contributed by atoms with E-state index in [1.807, 2.05) is 18.0 Å². The third-order valence-electron chi connectivity index (χ3n) is 3.77. The zero-order chi connectivity index (χ0) is 16.1. The second-order valence-corrected chi connectivity index (χ2v) is 5.13. The van der Waals surface area contributed by atoms with Crippen molar-refractivity contribution in [3.63, 3.8) is 0 Å². The van der Waals surface area contributed by atoms with E-state index in [0.717, 1.165) is 28.7 Å². The summed E-state index contributed by atoms with van der Waals surface area (Å²) in [6.07, 6.45) is -3.25. The van der Waals surface area contributed by atoms with E-state index in [-0.39, 0.29) is 0 Å². The van der Waals surface area contributed by atoms with Crippen LogP contribution < -0.4 is 10.6 Å². The number of hydrogen-bond acceptors (Lipinski definition) is 3. The average Bonchev–Trinajstić information content (AvgIpc) is 3.02. The molecule has 0 saturated heterocycles. The van der Waals surface area contributed by atoms with Crippen LogP contribution >= 0.6 is 0 Å². The Hall–Kier alpha value is -2.51. The monoisotopic (exact) mass is 310 g/mol. The largest absolute Gasteiger partial charge is 0.434 e. The molecule has 0 radical (unpaired) electrons. The van der Waals surface area contributed by atoms with Crippen molar-refractivity contribution in [2.75, 3.05) is 18.5 Å². The molecule has 1 aliphatic rings. The smallest absolute Gasteiger partial charge is 0.374 e. The van der Waals surface area contributed by atoms with Gasteiger partial charge in [-0.05, 0) is 18.6 Å². The molecule has 8 heteroatoms. The highest BCUT2D eigenvalue weighted by Gasteiger charge is 2.40. The van der Waals surface area contributed by atoms with E-state index in [9.17, 15) is 18.0 Å². The number of carbonyl (C=O) groups excluding carboxylic acids is 1. The number of halogens is 3. The molecule has 2 N–H and O–H groups in total. The highest BCUT2D eigenvalue weighted by Crippen LogP contribution is 2.37. The summed E-state index contributed by atoms with van der Waals surface area (Å²) in [5.74, 6) is -1.15. The summed E-state index contributed by atoms with van der Waals surface area (Å²) in [5.41, 5.74) is 5.23. The van der Waals surface area contributed by atoms with Gasteiger partial charge in [-0.2, -0.15) is 18.3 Å². The molecule has 1 aromatic carbocycles. The van der Waals surface area contributed by atoms with E-state index in [4.69, 9.17) is 5.73 Å². The zero-order valence-electron chi connectivity index (χ0n) is 11.7. The van der Waals surface area contributed by atoms with Crippen LogP contribution in [-0.4, -0.2) is 29.3 Å². The molecule has 0 aliphatic carbocycles. The van der Waals surface area contributed by atoms with Crippen LogP contribution in [0, 0.1) is 0 Å². The number of likely N-dealkylation sites (N-methyl/N-ethyl adjacent to an activating group) is 1. The Balaban J connectivity index is 2.25. The van der Waals surface area contributed by atoms with Gasteiger partial charge < -0.3 is 10.6 Å². The summed E-state index contributed by atoms with van der Waals surface area (Å²) in [7, 11) is 1.87. The molecule has 116 valence electrons. The fraction of sp³-hybridized carbons (Fsp3) is 0.286. The van der Waals surface area contributed by atoms with Crippen LogP contribution in [0.25, 0.3) is 5.69 Å². The Kier molecular flexibility index (Phi) is 3.12. The maximum Gasteiger partial charge on any atom is 0.434 e. The van der Waals surface area contributed by atoms with Crippen molar-refractivity contribution >= 4 is 11.6 Å². The Morgan fingerprint density at radius 2 is 2.00 bits per heavy atom. The molecule has 3 rings (SSSR count). The van der Waals surface area contributed by atoms with Gasteiger partial charge in [-0.25, -0.2) is 4.68 Å². The Labute approximate surface area is 124 Å². The number of rotatable bonds is 2. The van der Waals surface area contributed by atoms with Crippen LogP contribution in [0.4, 0.5) is 18.9 Å². The standard InChI is InChI=1S/C14H13F3N4O/c1-20-6-5-8-10(20)3-2-4-11(8)21-12(14(15,16)17)9(7-19-21)13(18)22/h2-4,7H,5-6H2,1H3,(H2,18,22). The fourth-order valence-corrected chi connectivity index (χ4v) is 2.76. The topological polar surface area (TPSA) is 64.2 Å². The quantitative estimate of drug-likeness (QED) is 0.922. The van der Waals surface area contributed by atoms with Crippen molar-refractivity contribution in [1.82, 2.24) is 9.78 Å². The molecule has 0 spiro atoms. The lowest BCUT2D eigenvalue weighted by molar-refractivity contribution is -0.143. The Bertz CT molecular complexity index is 751. The van der Waals surface area contributed by atoms with Gasteiger partial charge in [0.2, 0.25) is 0 Å². The first kappa shape index (κ1) is 14.4. The molecule has 0 bridgehead atoms. The van der Waals surface area contributed by atoms with E-state index in [0.29, 0.717) is 12.1 Å². The molecule has 0 atom stereocenters. The minimum Gasteiger partial charge on any atom is -0.374 e. The molecule has 2 heterocycles. The molecule has 0 saturated carbocycles. The molecule has 22 heavy (non-hydrogen) atoms. The average molecular weight is 310 g/mol. The van der Waals surface area contributed by atoms with Gasteiger partial charge in [0.25, 0.3) is 5.91 Å². The maximum atomic E-state index is 13.3. The maximum absolute atomic E-state index is 13.3. The summed E-state index contributed by atoms with van der Waals surface area (Å²) in [6, 6.07) is 5.07. The number of benzene rings is 1. The number of primary amides is 1. The van der Waals surface area contributed by atoms with Crippen molar-refractivity contribution in [1.29, 1.82) is 0 Å². The molecule has 1 aliphatic heterocycles. The third-order valence-corrected chi connectivity index (χ3v) is 3.77. The number of nitrogens with two attached hydrogens (primary N) is 1. The molecule has 0 unspecified atom stereocenters. The number of amides is 1. The van der Waals surface area contributed by atoms with Gasteiger partial charge in [0.15, 0.2) is 5.69 Å². The Morgan fingerprint density at radius 3 is 2.64 bits per heavy atom. The molecular formula is C14H13F3N4O. The molecule has 0 fully saturated rings. The van der Waals surface area contributed by atoms with Crippen molar-refractivity contribution in [3.8, 4) is 5.69 Å². The van der Waals surface area contributed by atoms with Crippen LogP contribution in [-0.2, 0) is 12.6 Å². The van der Waals surface area contributed by atoms with Gasteiger partial charge in [0, 0.05) is 24.8 Å². The van der Waals surface area contributed by atoms with Crippen molar-refractivity contribution in [3.05, 3.63) is 41.2 Å². The number of aromatic nitrogens is 2. The van der Waals surface area contributed by atoms with E-state index in [2.05, 4.69) is 5.10 Å². The van der Waals surface area contributed by atoms with Crippen molar-refractivity contribution in [2.24, 2.45) is 5.73 Å². The number of nitrogens with zero attached hydrogens (tertiary/aromatic N) is 3. The first-order chi connectivity index (χ1) is 10.3. The van der Waals surface area contributed by atoms with Gasteiger partial charge in [-0.3, -0.25) is 4.79 Å². The minimum atomic E-state index is -4.73. The number of alkyl halides is 3. The van der Waals surface area contributed by atoms with Crippen LogP contribution in [0.15, 0.2) is 24.4 Å². The first-order valence-electron chi connectivity index (χ1n) is 6.59. The number of anilines is 1. The third kappa shape index (κ3) is 2.11. The molecular weight excluding hydrogens is 297 g/mol. The van der Waals surface area contributed by atoms with Crippen LogP contribution in [0.2, 0.25) is 0 Å². The van der Waals surface area contributed by atoms with Crippen molar-refractivity contribution < 1.29 is 18.0 Å². The second kappa shape index (κ2) is 4.75. The van der Waals surface area contributed by atoms with Gasteiger partial charge in [-0.1, -0.05) is 6.07 Å². The molecule has 1 aromatic heterocycles. The molecule has 5 nitrogen and oxygen atoms in total. The van der Waals surface area contributed by atoms with Gasteiger partial charge >= 0.3 is 6.18 Å². The van der Waals surface area contributed by atoms with Crippen LogP contribution in [0.3, 0.4) is 0 Å². The lowest BCUT2D eigenvalue weighted by atomic mass is 10.1. The Morgan fingerprint density at radius 1 is 1.32 bits per heavy atom. The van der Waals surface area contributed by atoms with Gasteiger partial charge in [0.1, 0.15) is 0 Å². The normalized spacial score (nSPS) is 14.3. The number of carbonyl (C=O) groups is 1. The van der Waals surface area contributed by atoms with Gasteiger partial charge in [0.05, 0.1) is 17.4 Å². The predicted molar refractivity (Wildman–Crippen MR) is 74.1 cm³/mol. The number of fused-ring (bicyclic) bond motifs is 1. The highest BCUT2D eigenvalue weighted by molar-refractivity contribution is 5.94. The van der Waals surface area contributed by atoms with E-state index < -0.39 is 23.3 Å². The SMILES string of the molecule is CN1CCc2c1cccc2-n1ncc(C(N)=O)c1C(F)(F)F. The van der Waals surface area contributed by atoms with E-state index >= 15 is 0 Å². The summed E-state index contributed by atoms with van der Waals surface area (Å²) < 4.78 is 40.8. The lowest BCUT2D eigenvalue weighted by Gasteiger charge is -2.16. The fourth-order valence-electron chi connectivity index (χ4n) is 2.76. The van der Waals surface area contributed by atoms with Crippen LogP contribution in [0.5, 0.6) is 0 Å². The zero-order valence-corrected chi connectivity index (χ0v) is 11.7. The summed E-state index contributed by atoms with van der Waals surface area (Å²) in [4.78, 5) is 13.2. The second-order valence-electron chi connectivity index (χ2n) is 5.13. The molecule has 2 aromatic rings. The first-order valence-corrected chi connectivity index (χ1v) is 6.59. The predicted octanol–water partition coefficient (Wildman–Crippen LogP) is 1.98. The van der Waals surface area contributed by atoms with Crippen molar-refractivity contribution in [2.45, 2.75) is 12.6 Å². The summed E-state index contributed by atoms with van der Waals surface area (Å²) >= 11 is 0. The summed E-state index contributed by atoms with van der Waals surface area (Å²) in [6.45, 7) is 0.720. The van der Waals surface area contributed by atoms with Crippen LogP contribution in [0.1, 0.15) is 21.6 Å².